The van der Waals surface area contributed by atoms with Crippen molar-refractivity contribution < 1.29 is 31.3 Å². The number of aromatic nitrogens is 3. The molecule has 37 heavy (non-hydrogen) atoms. The first kappa shape index (κ1) is 27.6. The van der Waals surface area contributed by atoms with Crippen molar-refractivity contribution in [2.24, 2.45) is 15.1 Å². The molecule has 2 atom stereocenters. The van der Waals surface area contributed by atoms with Crippen LogP contribution in [0.15, 0.2) is 33.9 Å². The Hall–Kier alpha value is -4.00. The van der Waals surface area contributed by atoms with E-state index in [0.717, 1.165) is 22.6 Å². The van der Waals surface area contributed by atoms with Gasteiger partial charge in [-0.25, -0.2) is 32.9 Å². The van der Waals surface area contributed by atoms with Gasteiger partial charge in [-0.05, 0) is 26.0 Å². The molecule has 1 unspecified atom stereocenters. The first-order valence-electron chi connectivity index (χ1n) is 10.5. The van der Waals surface area contributed by atoms with Crippen LogP contribution < -0.4 is 15.8 Å². The molecular weight excluding hydrogens is 520 g/mol. The Kier molecular flexibility index (Phi) is 7.86. The summed E-state index contributed by atoms with van der Waals surface area (Å²) in [5.41, 5.74) is 3.54. The van der Waals surface area contributed by atoms with Gasteiger partial charge in [-0.1, -0.05) is 5.92 Å². The van der Waals surface area contributed by atoms with E-state index in [1.807, 2.05) is 0 Å². The number of nitrogens with two attached hydrogens (primary N) is 1. The van der Waals surface area contributed by atoms with Gasteiger partial charge in [0.2, 0.25) is 11.8 Å². The van der Waals surface area contributed by atoms with E-state index >= 15 is 0 Å². The number of ether oxygens (including phenoxy) is 1. The molecule has 0 aromatic carbocycles. The van der Waals surface area contributed by atoms with E-state index in [4.69, 9.17) is 10.5 Å². The number of alkyl halides is 3. The minimum Gasteiger partial charge on any atom is -0.463 e. The molecule has 3 rings (SSSR count). The fourth-order valence-electron chi connectivity index (χ4n) is 3.15. The van der Waals surface area contributed by atoms with E-state index < -0.39 is 57.3 Å². The van der Waals surface area contributed by atoms with Gasteiger partial charge in [0.05, 0.1) is 18.1 Å². The van der Waals surface area contributed by atoms with Gasteiger partial charge in [0.25, 0.3) is 5.91 Å². The fraction of sp³-hybridized carbons (Fsp3) is 0.381. The quantitative estimate of drug-likeness (QED) is 0.420. The number of aliphatic imine (C=N–C) groups is 1. The number of nitrogens with one attached hydrogen (secondary N) is 1. The first-order chi connectivity index (χ1) is 17.3. The number of carbonyl (C=O) groups is 1. The third kappa shape index (κ3) is 6.61. The highest BCUT2D eigenvalue weighted by Gasteiger charge is 2.42. The van der Waals surface area contributed by atoms with E-state index in [-0.39, 0.29) is 24.0 Å². The molecule has 0 aliphatic carbocycles. The van der Waals surface area contributed by atoms with Gasteiger partial charge < -0.3 is 15.8 Å². The summed E-state index contributed by atoms with van der Waals surface area (Å²) in [6, 6.07) is 2.13. The van der Waals surface area contributed by atoms with Crippen molar-refractivity contribution in [3.63, 3.8) is 0 Å². The van der Waals surface area contributed by atoms with Gasteiger partial charge in [0.1, 0.15) is 45.0 Å². The number of amides is 1. The lowest BCUT2D eigenvalue weighted by molar-refractivity contribution is -0.117. The van der Waals surface area contributed by atoms with Crippen LogP contribution in [0.2, 0.25) is 0 Å². The highest BCUT2D eigenvalue weighted by molar-refractivity contribution is 7.92. The molecule has 3 N–H and O–H groups in total. The van der Waals surface area contributed by atoms with Gasteiger partial charge in [0.15, 0.2) is 6.61 Å². The maximum atomic E-state index is 14.8. The van der Waals surface area contributed by atoms with Crippen LogP contribution in [-0.2, 0) is 15.5 Å². The van der Waals surface area contributed by atoms with E-state index in [9.17, 15) is 26.6 Å². The Balaban J connectivity index is 1.88. The topological polar surface area (TPSA) is 148 Å². The van der Waals surface area contributed by atoms with Crippen LogP contribution in [0.25, 0.3) is 0 Å². The van der Waals surface area contributed by atoms with Gasteiger partial charge in [-0.15, -0.1) is 5.92 Å². The Bertz CT molecular complexity index is 1400. The molecular formula is C21H22F4N8O3S. The average Bonchev–Trinajstić information content (AvgIpc) is 2.82. The highest BCUT2D eigenvalue weighted by Crippen LogP contribution is 2.34. The van der Waals surface area contributed by atoms with Crippen molar-refractivity contribution in [1.82, 2.24) is 19.3 Å². The van der Waals surface area contributed by atoms with Gasteiger partial charge in [-0.2, -0.15) is 13.2 Å². The van der Waals surface area contributed by atoms with E-state index in [1.165, 1.54) is 20.2 Å². The maximum Gasteiger partial charge on any atom is 0.408 e. The standard InChI is InChI=1S/C21H22F4N8O3S/c1-4-5-8-36-16-10-27-14(9-28-16)18(34)31-15-7-6-13(22)17(30-15)20(2)12-37(35,29-11-21(23,24)25)33(3)19(26)32-20/h6-7,9-10H,8,11-12H2,1-3H3,(H2,26,32)(H,30,31,34)/t20-,37?/m0/s1. The summed E-state index contributed by atoms with van der Waals surface area (Å²) in [5.74, 6) is 2.65. The van der Waals surface area contributed by atoms with Crippen LogP contribution in [-0.4, -0.2) is 67.5 Å². The molecule has 0 radical (unpaired) electrons. The highest BCUT2D eigenvalue weighted by atomic mass is 32.2. The summed E-state index contributed by atoms with van der Waals surface area (Å²) < 4.78 is 75.8. The first-order valence-corrected chi connectivity index (χ1v) is 12.1. The average molecular weight is 543 g/mol. The Morgan fingerprint density at radius 1 is 1.35 bits per heavy atom. The second-order valence-corrected chi connectivity index (χ2v) is 10.1. The van der Waals surface area contributed by atoms with Crippen molar-refractivity contribution in [3.8, 4) is 17.7 Å². The molecule has 11 nitrogen and oxygen atoms in total. The lowest BCUT2D eigenvalue weighted by Gasteiger charge is -2.36. The van der Waals surface area contributed by atoms with Crippen molar-refractivity contribution in [1.29, 1.82) is 0 Å². The number of hydrogen-bond acceptors (Lipinski definition) is 9. The van der Waals surface area contributed by atoms with Crippen LogP contribution in [0, 0.1) is 17.7 Å². The number of halogens is 4. The lowest BCUT2D eigenvalue weighted by Crippen LogP contribution is -2.51. The largest absolute Gasteiger partial charge is 0.463 e. The molecule has 0 saturated carbocycles. The van der Waals surface area contributed by atoms with Crippen LogP contribution >= 0.6 is 0 Å². The molecule has 0 fully saturated rings. The SMILES string of the molecule is CC#CCOc1cnc(C(=O)Nc2ccc(F)c([C@]3(C)CS(=O)(=NCC(F)(F)F)N(C)C(N)=N3)n2)cn1. The molecule has 198 valence electrons. The van der Waals surface area contributed by atoms with Gasteiger partial charge in [-0.3, -0.25) is 9.10 Å². The Morgan fingerprint density at radius 2 is 2.08 bits per heavy atom. The van der Waals surface area contributed by atoms with Crippen molar-refractivity contribution in [2.45, 2.75) is 25.6 Å². The summed E-state index contributed by atoms with van der Waals surface area (Å²) in [5, 5.41) is 2.42. The molecule has 1 amide bonds. The second kappa shape index (κ2) is 10.5. The van der Waals surface area contributed by atoms with Gasteiger partial charge in [0, 0.05) is 7.05 Å². The summed E-state index contributed by atoms with van der Waals surface area (Å²) in [4.78, 5) is 28.7. The van der Waals surface area contributed by atoms with Gasteiger partial charge >= 0.3 is 6.18 Å². The summed E-state index contributed by atoms with van der Waals surface area (Å²) in [7, 11) is -2.59. The molecule has 2 aromatic heterocycles. The fourth-order valence-corrected chi connectivity index (χ4v) is 5.23. The van der Waals surface area contributed by atoms with Crippen molar-refractivity contribution in [2.75, 3.05) is 31.3 Å². The minimum atomic E-state index is -4.71. The molecule has 3 heterocycles. The molecule has 0 spiro atoms. The predicted molar refractivity (Wildman–Crippen MR) is 126 cm³/mol. The normalized spacial score (nSPS) is 21.4. The zero-order valence-corrected chi connectivity index (χ0v) is 20.7. The third-order valence-electron chi connectivity index (χ3n) is 4.95. The predicted octanol–water partition coefficient (Wildman–Crippen LogP) is 2.09. The van der Waals surface area contributed by atoms with Crippen molar-refractivity contribution in [3.05, 3.63) is 41.7 Å². The number of nitrogens with zero attached hydrogens (tertiary/aromatic N) is 6. The molecule has 0 bridgehead atoms. The number of hydrogen-bond donors (Lipinski definition) is 2. The molecule has 2 aromatic rings. The summed E-state index contributed by atoms with van der Waals surface area (Å²) >= 11 is 0. The van der Waals surface area contributed by atoms with E-state index in [2.05, 4.69) is 41.5 Å². The summed E-state index contributed by atoms with van der Waals surface area (Å²) in [6.07, 6.45) is -2.35. The molecule has 1 aliphatic heterocycles. The van der Waals surface area contributed by atoms with Crippen LogP contribution in [0.3, 0.4) is 0 Å². The van der Waals surface area contributed by atoms with Crippen molar-refractivity contribution >= 4 is 27.6 Å². The number of rotatable bonds is 6. The zero-order valence-electron chi connectivity index (χ0n) is 19.8. The molecule has 16 heteroatoms. The molecule has 0 saturated heterocycles. The minimum absolute atomic E-state index is 0.0937. The zero-order chi connectivity index (χ0) is 27.4. The Labute approximate surface area is 209 Å². The lowest BCUT2D eigenvalue weighted by atomic mass is 10.00. The number of anilines is 1. The maximum absolute atomic E-state index is 14.8. The van der Waals surface area contributed by atoms with Crippen LogP contribution in [0.4, 0.5) is 23.4 Å². The monoisotopic (exact) mass is 542 g/mol. The van der Waals surface area contributed by atoms with Crippen LogP contribution in [0.1, 0.15) is 30.0 Å². The van der Waals surface area contributed by atoms with Crippen LogP contribution in [0.5, 0.6) is 5.88 Å². The third-order valence-corrected chi connectivity index (χ3v) is 7.47. The van der Waals surface area contributed by atoms with E-state index in [0.29, 0.717) is 0 Å². The van der Waals surface area contributed by atoms with E-state index in [1.54, 1.807) is 6.92 Å². The second-order valence-electron chi connectivity index (χ2n) is 7.83. The number of pyridine rings is 1. The number of guanidine groups is 1. The Morgan fingerprint density at radius 3 is 2.70 bits per heavy atom. The smallest absolute Gasteiger partial charge is 0.408 e. The molecule has 1 aliphatic rings. The summed E-state index contributed by atoms with van der Waals surface area (Å²) in [6.45, 7) is 1.35. The number of carbonyl (C=O) groups excluding carboxylic acids is 1.